The molecule has 0 spiro atoms. The van der Waals surface area contributed by atoms with E-state index in [1.54, 1.807) is 17.5 Å². The number of nitrogens with two attached hydrogens (primary N) is 1. The first-order chi connectivity index (χ1) is 10.1. The third-order valence-electron chi connectivity index (χ3n) is 3.24. The number of amides is 1. The van der Waals surface area contributed by atoms with Gasteiger partial charge in [-0.2, -0.15) is 0 Å². The zero-order valence-corrected chi connectivity index (χ0v) is 13.2. The highest BCUT2D eigenvalue weighted by Gasteiger charge is 2.18. The molecule has 1 aromatic carbocycles. The summed E-state index contributed by atoms with van der Waals surface area (Å²) in [7, 11) is 0. The lowest BCUT2D eigenvalue weighted by Crippen LogP contribution is -2.30. The molecule has 0 saturated carbocycles. The van der Waals surface area contributed by atoms with E-state index >= 15 is 0 Å². The molecule has 0 fully saturated rings. The van der Waals surface area contributed by atoms with Crippen molar-refractivity contribution in [3.8, 4) is 10.6 Å². The summed E-state index contributed by atoms with van der Waals surface area (Å²) < 4.78 is 0. The number of nitrogens with zero attached hydrogens (tertiary/aromatic N) is 1. The third-order valence-corrected chi connectivity index (χ3v) is 4.07. The van der Waals surface area contributed by atoms with Crippen LogP contribution in [0.25, 0.3) is 10.6 Å². The summed E-state index contributed by atoms with van der Waals surface area (Å²) in [6.45, 7) is 4.57. The number of hydrogen-bond donors (Lipinski definition) is 2. The highest BCUT2D eigenvalue weighted by molar-refractivity contribution is 7.13. The van der Waals surface area contributed by atoms with Crippen LogP contribution in [0, 0.1) is 11.8 Å². The second-order valence-electron chi connectivity index (χ2n) is 5.47. The van der Waals surface area contributed by atoms with E-state index in [-0.39, 0.29) is 11.8 Å². The van der Waals surface area contributed by atoms with Gasteiger partial charge in [0.25, 0.3) is 0 Å². The zero-order chi connectivity index (χ0) is 15.2. The molecular formula is C16H21N3OS. The lowest BCUT2D eigenvalue weighted by molar-refractivity contribution is -0.120. The zero-order valence-electron chi connectivity index (χ0n) is 12.4. The largest absolute Gasteiger partial charge is 0.330 e. The van der Waals surface area contributed by atoms with Gasteiger partial charge in [0.1, 0.15) is 5.01 Å². The van der Waals surface area contributed by atoms with E-state index in [4.69, 9.17) is 5.73 Å². The lowest BCUT2D eigenvalue weighted by Gasteiger charge is -2.16. The highest BCUT2D eigenvalue weighted by atomic mass is 32.1. The molecular weight excluding hydrogens is 282 g/mol. The van der Waals surface area contributed by atoms with E-state index in [0.29, 0.717) is 12.5 Å². The average molecular weight is 303 g/mol. The van der Waals surface area contributed by atoms with Gasteiger partial charge in [-0.25, -0.2) is 4.98 Å². The molecule has 0 aliphatic rings. The SMILES string of the molecule is CC(C)CC(CN)C(=O)Nc1ccc(-c2nccs2)cc1. The number of rotatable bonds is 6. The molecule has 0 aliphatic carbocycles. The normalized spacial score (nSPS) is 12.4. The van der Waals surface area contributed by atoms with Crippen molar-refractivity contribution in [2.75, 3.05) is 11.9 Å². The summed E-state index contributed by atoms with van der Waals surface area (Å²) in [6.07, 6.45) is 2.59. The predicted octanol–water partition coefficient (Wildman–Crippen LogP) is 3.37. The summed E-state index contributed by atoms with van der Waals surface area (Å²) in [6, 6.07) is 7.73. The van der Waals surface area contributed by atoms with Gasteiger partial charge in [-0.3, -0.25) is 4.79 Å². The Morgan fingerprint density at radius 1 is 1.33 bits per heavy atom. The van der Waals surface area contributed by atoms with E-state index in [1.165, 1.54) is 0 Å². The number of carbonyl (C=O) groups excluding carboxylic acids is 1. The van der Waals surface area contributed by atoms with Gasteiger partial charge in [-0.15, -0.1) is 11.3 Å². The molecule has 21 heavy (non-hydrogen) atoms. The van der Waals surface area contributed by atoms with Crippen LogP contribution in [0.5, 0.6) is 0 Å². The topological polar surface area (TPSA) is 68.0 Å². The summed E-state index contributed by atoms with van der Waals surface area (Å²) in [5, 5.41) is 5.86. The van der Waals surface area contributed by atoms with Crippen molar-refractivity contribution in [1.29, 1.82) is 0 Å². The molecule has 5 heteroatoms. The minimum absolute atomic E-state index is 0.00630. The van der Waals surface area contributed by atoms with Gasteiger partial charge < -0.3 is 11.1 Å². The Labute approximate surface area is 129 Å². The van der Waals surface area contributed by atoms with Gasteiger partial charge in [-0.1, -0.05) is 13.8 Å². The highest BCUT2D eigenvalue weighted by Crippen LogP contribution is 2.23. The summed E-state index contributed by atoms with van der Waals surface area (Å²) in [5.74, 6) is 0.313. The van der Waals surface area contributed by atoms with Crippen LogP contribution in [0.15, 0.2) is 35.8 Å². The van der Waals surface area contributed by atoms with Crippen molar-refractivity contribution < 1.29 is 4.79 Å². The minimum Gasteiger partial charge on any atom is -0.330 e. The Kier molecular flexibility index (Phi) is 5.47. The fraction of sp³-hybridized carbons (Fsp3) is 0.375. The Morgan fingerprint density at radius 2 is 2.05 bits per heavy atom. The molecule has 0 bridgehead atoms. The number of hydrogen-bond acceptors (Lipinski definition) is 4. The maximum Gasteiger partial charge on any atom is 0.228 e. The fourth-order valence-electron chi connectivity index (χ4n) is 2.19. The van der Waals surface area contributed by atoms with Crippen LogP contribution in [0.1, 0.15) is 20.3 Å². The van der Waals surface area contributed by atoms with Crippen LogP contribution in [-0.2, 0) is 4.79 Å². The van der Waals surface area contributed by atoms with Gasteiger partial charge in [0.05, 0.1) is 5.92 Å². The van der Waals surface area contributed by atoms with Crippen molar-refractivity contribution >= 4 is 22.9 Å². The van der Waals surface area contributed by atoms with Crippen LogP contribution in [0.4, 0.5) is 5.69 Å². The van der Waals surface area contributed by atoms with E-state index < -0.39 is 0 Å². The number of nitrogens with one attached hydrogen (secondary N) is 1. The van der Waals surface area contributed by atoms with Gasteiger partial charge >= 0.3 is 0 Å². The van der Waals surface area contributed by atoms with Crippen molar-refractivity contribution in [3.05, 3.63) is 35.8 Å². The maximum absolute atomic E-state index is 12.2. The van der Waals surface area contributed by atoms with Crippen LogP contribution < -0.4 is 11.1 Å². The molecule has 3 N–H and O–H groups in total. The van der Waals surface area contributed by atoms with Crippen molar-refractivity contribution in [3.63, 3.8) is 0 Å². The molecule has 0 aliphatic heterocycles. The van der Waals surface area contributed by atoms with Crippen molar-refractivity contribution in [2.24, 2.45) is 17.6 Å². The van der Waals surface area contributed by atoms with Crippen LogP contribution in [0.2, 0.25) is 0 Å². The van der Waals surface area contributed by atoms with Gasteiger partial charge in [0.2, 0.25) is 5.91 Å². The van der Waals surface area contributed by atoms with Crippen LogP contribution in [-0.4, -0.2) is 17.4 Å². The van der Waals surface area contributed by atoms with E-state index in [1.807, 2.05) is 29.6 Å². The van der Waals surface area contributed by atoms with Crippen molar-refractivity contribution in [2.45, 2.75) is 20.3 Å². The second-order valence-corrected chi connectivity index (χ2v) is 6.36. The van der Waals surface area contributed by atoms with Crippen LogP contribution >= 0.6 is 11.3 Å². The summed E-state index contributed by atoms with van der Waals surface area (Å²) in [4.78, 5) is 16.5. The average Bonchev–Trinajstić information content (AvgIpc) is 2.99. The molecule has 1 heterocycles. The first kappa shape index (κ1) is 15.7. The van der Waals surface area contributed by atoms with Crippen molar-refractivity contribution in [1.82, 2.24) is 4.98 Å². The second kappa shape index (κ2) is 7.33. The molecule has 2 aromatic rings. The Balaban J connectivity index is 2.01. The van der Waals surface area contributed by atoms with Crippen LogP contribution in [0.3, 0.4) is 0 Å². The molecule has 1 atom stereocenters. The number of carbonyl (C=O) groups is 1. The van der Waals surface area contributed by atoms with E-state index in [2.05, 4.69) is 24.1 Å². The van der Waals surface area contributed by atoms with Gasteiger partial charge in [0.15, 0.2) is 0 Å². The molecule has 2 rings (SSSR count). The monoisotopic (exact) mass is 303 g/mol. The standard InChI is InChI=1S/C16H21N3OS/c1-11(2)9-13(10-17)15(20)19-14-5-3-12(4-6-14)16-18-7-8-21-16/h3-8,11,13H,9-10,17H2,1-2H3,(H,19,20). The molecule has 4 nitrogen and oxygen atoms in total. The minimum atomic E-state index is -0.136. The van der Waals surface area contributed by atoms with E-state index in [9.17, 15) is 4.79 Å². The molecule has 0 radical (unpaired) electrons. The quantitative estimate of drug-likeness (QED) is 0.859. The predicted molar refractivity (Wildman–Crippen MR) is 88.2 cm³/mol. The molecule has 1 unspecified atom stereocenters. The third kappa shape index (κ3) is 4.37. The molecule has 1 amide bonds. The summed E-state index contributed by atoms with van der Waals surface area (Å²) >= 11 is 1.60. The van der Waals surface area contributed by atoms with Gasteiger partial charge in [-0.05, 0) is 36.6 Å². The smallest absolute Gasteiger partial charge is 0.228 e. The maximum atomic E-state index is 12.2. The number of aromatic nitrogens is 1. The summed E-state index contributed by atoms with van der Waals surface area (Å²) in [5.41, 5.74) is 7.55. The van der Waals surface area contributed by atoms with E-state index in [0.717, 1.165) is 22.7 Å². The Hall–Kier alpha value is -1.72. The lowest BCUT2D eigenvalue weighted by atomic mass is 9.96. The number of thiazole rings is 1. The number of benzene rings is 1. The molecule has 1 aromatic heterocycles. The fourth-order valence-corrected chi connectivity index (χ4v) is 2.83. The first-order valence-electron chi connectivity index (χ1n) is 7.11. The Bertz CT molecular complexity index is 564. The molecule has 112 valence electrons. The van der Waals surface area contributed by atoms with Gasteiger partial charge in [0, 0.05) is 29.4 Å². The molecule has 0 saturated heterocycles. The first-order valence-corrected chi connectivity index (χ1v) is 7.99. The number of anilines is 1. The Morgan fingerprint density at radius 3 is 2.57 bits per heavy atom.